The van der Waals surface area contributed by atoms with Gasteiger partial charge in [-0.3, -0.25) is 4.68 Å². The van der Waals surface area contributed by atoms with Gasteiger partial charge in [0, 0.05) is 19.1 Å². The molecule has 0 aromatic carbocycles. The molecule has 1 rings (SSSR count). The summed E-state index contributed by atoms with van der Waals surface area (Å²) >= 11 is 3.63. The quantitative estimate of drug-likeness (QED) is 0.833. The van der Waals surface area contributed by atoms with Crippen molar-refractivity contribution in [1.82, 2.24) is 15.1 Å². The van der Waals surface area contributed by atoms with Crippen LogP contribution < -0.4 is 5.32 Å². The average molecular weight is 302 g/mol. The third-order valence-electron chi connectivity index (χ3n) is 3.14. The highest BCUT2D eigenvalue weighted by molar-refractivity contribution is 9.10. The maximum absolute atomic E-state index is 4.51. The van der Waals surface area contributed by atoms with Gasteiger partial charge in [-0.25, -0.2) is 0 Å². The fraction of sp³-hybridized carbons (Fsp3) is 0.769. The first-order valence-corrected chi connectivity index (χ1v) is 7.38. The third kappa shape index (κ3) is 3.81. The second-order valence-corrected chi connectivity index (χ2v) is 5.23. The smallest absolute Gasteiger partial charge is 0.0739 e. The van der Waals surface area contributed by atoms with Gasteiger partial charge in [-0.1, -0.05) is 20.3 Å². The van der Waals surface area contributed by atoms with Gasteiger partial charge in [0.15, 0.2) is 0 Å². The van der Waals surface area contributed by atoms with Crippen molar-refractivity contribution >= 4 is 15.9 Å². The Balaban J connectivity index is 2.67. The average Bonchev–Trinajstić information content (AvgIpc) is 2.61. The van der Waals surface area contributed by atoms with Crippen molar-refractivity contribution in [2.45, 2.75) is 66.1 Å². The summed E-state index contributed by atoms with van der Waals surface area (Å²) in [5.41, 5.74) is 2.34. The lowest BCUT2D eigenvalue weighted by molar-refractivity contribution is 0.449. The normalized spacial score (nSPS) is 13.0. The molecular weight excluding hydrogens is 278 g/mol. The molecule has 4 heteroatoms. The van der Waals surface area contributed by atoms with Crippen LogP contribution in [0.3, 0.4) is 0 Å². The molecule has 0 amide bonds. The van der Waals surface area contributed by atoms with Crippen LogP contribution in [0.25, 0.3) is 0 Å². The van der Waals surface area contributed by atoms with Crippen molar-refractivity contribution in [3.05, 3.63) is 15.9 Å². The first kappa shape index (κ1) is 14.7. The summed E-state index contributed by atoms with van der Waals surface area (Å²) in [4.78, 5) is 0. The van der Waals surface area contributed by atoms with Gasteiger partial charge >= 0.3 is 0 Å². The second kappa shape index (κ2) is 7.17. The molecule has 1 unspecified atom stereocenters. The van der Waals surface area contributed by atoms with Gasteiger partial charge in [-0.2, -0.15) is 5.10 Å². The zero-order valence-corrected chi connectivity index (χ0v) is 13.0. The first-order valence-electron chi connectivity index (χ1n) is 6.59. The first-order chi connectivity index (χ1) is 8.13. The van der Waals surface area contributed by atoms with E-state index in [1.165, 1.54) is 25.0 Å². The molecule has 0 aliphatic rings. The van der Waals surface area contributed by atoms with E-state index in [0.717, 1.165) is 23.3 Å². The topological polar surface area (TPSA) is 29.9 Å². The molecule has 0 aliphatic heterocycles. The Morgan fingerprint density at radius 2 is 2.06 bits per heavy atom. The Labute approximate surface area is 113 Å². The van der Waals surface area contributed by atoms with E-state index in [9.17, 15) is 0 Å². The summed E-state index contributed by atoms with van der Waals surface area (Å²) < 4.78 is 3.23. The van der Waals surface area contributed by atoms with E-state index in [1.807, 2.05) is 6.92 Å². The van der Waals surface area contributed by atoms with Crippen LogP contribution in [0.1, 0.15) is 51.4 Å². The number of aryl methyl sites for hydroxylation is 2. The van der Waals surface area contributed by atoms with E-state index in [4.69, 9.17) is 0 Å². The van der Waals surface area contributed by atoms with Crippen LogP contribution in [0.2, 0.25) is 0 Å². The molecule has 17 heavy (non-hydrogen) atoms. The lowest BCUT2D eigenvalue weighted by Crippen LogP contribution is -2.28. The Hall–Kier alpha value is -0.350. The van der Waals surface area contributed by atoms with Crippen LogP contribution in [-0.4, -0.2) is 15.8 Å². The van der Waals surface area contributed by atoms with Crippen LogP contribution in [-0.2, 0) is 13.1 Å². The summed E-state index contributed by atoms with van der Waals surface area (Å²) in [5.74, 6) is 0. The number of nitrogens with zero attached hydrogens (tertiary/aromatic N) is 2. The van der Waals surface area contributed by atoms with Gasteiger partial charge in [-0.15, -0.1) is 0 Å². The minimum absolute atomic E-state index is 0.618. The Morgan fingerprint density at radius 1 is 1.35 bits per heavy atom. The standard InChI is InChI=1S/C13H24BrN3/c1-5-8-11(6-2)15-9-12-13(14)10(4)16-17(12)7-3/h11,15H,5-9H2,1-4H3. The zero-order valence-electron chi connectivity index (χ0n) is 11.4. The molecular formula is C13H24BrN3. The number of halogens is 1. The Kier molecular flexibility index (Phi) is 6.20. The zero-order chi connectivity index (χ0) is 12.8. The molecule has 1 atom stereocenters. The molecule has 3 nitrogen and oxygen atoms in total. The van der Waals surface area contributed by atoms with Crippen molar-refractivity contribution in [2.75, 3.05) is 0 Å². The lowest BCUT2D eigenvalue weighted by atomic mass is 10.1. The van der Waals surface area contributed by atoms with Crippen LogP contribution >= 0.6 is 15.9 Å². The summed E-state index contributed by atoms with van der Waals surface area (Å²) in [5, 5.41) is 8.13. The van der Waals surface area contributed by atoms with E-state index < -0.39 is 0 Å². The number of nitrogens with one attached hydrogen (secondary N) is 1. The van der Waals surface area contributed by atoms with Crippen LogP contribution in [0, 0.1) is 6.92 Å². The van der Waals surface area contributed by atoms with Crippen LogP contribution in [0.5, 0.6) is 0 Å². The van der Waals surface area contributed by atoms with Crippen molar-refractivity contribution in [3.8, 4) is 0 Å². The molecule has 1 heterocycles. The lowest BCUT2D eigenvalue weighted by Gasteiger charge is -2.16. The van der Waals surface area contributed by atoms with Gasteiger partial charge in [-0.05, 0) is 42.6 Å². The number of rotatable bonds is 7. The van der Waals surface area contributed by atoms with E-state index in [0.29, 0.717) is 6.04 Å². The van der Waals surface area contributed by atoms with Crippen LogP contribution in [0.15, 0.2) is 4.47 Å². The third-order valence-corrected chi connectivity index (χ3v) is 4.17. The maximum Gasteiger partial charge on any atom is 0.0739 e. The highest BCUT2D eigenvalue weighted by atomic mass is 79.9. The van der Waals surface area contributed by atoms with E-state index in [2.05, 4.69) is 51.8 Å². The van der Waals surface area contributed by atoms with Crippen molar-refractivity contribution in [2.24, 2.45) is 0 Å². The summed E-state index contributed by atoms with van der Waals surface area (Å²) in [6, 6.07) is 0.618. The predicted molar refractivity (Wildman–Crippen MR) is 76.2 cm³/mol. The summed E-state index contributed by atoms with van der Waals surface area (Å²) in [6.07, 6.45) is 3.66. The monoisotopic (exact) mass is 301 g/mol. The molecule has 0 saturated heterocycles. The molecule has 0 fully saturated rings. The van der Waals surface area contributed by atoms with Gasteiger partial charge in [0.25, 0.3) is 0 Å². The van der Waals surface area contributed by atoms with E-state index >= 15 is 0 Å². The highest BCUT2D eigenvalue weighted by Gasteiger charge is 2.13. The van der Waals surface area contributed by atoms with Crippen LogP contribution in [0.4, 0.5) is 0 Å². The molecule has 98 valence electrons. The molecule has 1 N–H and O–H groups in total. The Bertz CT molecular complexity index is 347. The molecule has 0 bridgehead atoms. The van der Waals surface area contributed by atoms with E-state index in [1.54, 1.807) is 0 Å². The number of hydrogen-bond donors (Lipinski definition) is 1. The molecule has 0 aliphatic carbocycles. The molecule has 0 saturated carbocycles. The van der Waals surface area contributed by atoms with Crippen molar-refractivity contribution < 1.29 is 0 Å². The molecule has 0 spiro atoms. The minimum Gasteiger partial charge on any atom is -0.308 e. The van der Waals surface area contributed by atoms with Gasteiger partial charge in [0.2, 0.25) is 0 Å². The summed E-state index contributed by atoms with van der Waals surface area (Å²) in [7, 11) is 0. The largest absolute Gasteiger partial charge is 0.308 e. The van der Waals surface area contributed by atoms with Gasteiger partial charge in [0.1, 0.15) is 0 Å². The SMILES string of the molecule is CCCC(CC)NCc1c(Br)c(C)nn1CC. The van der Waals surface area contributed by atoms with E-state index in [-0.39, 0.29) is 0 Å². The molecule has 1 aromatic rings. The highest BCUT2D eigenvalue weighted by Crippen LogP contribution is 2.21. The molecule has 1 aromatic heterocycles. The second-order valence-electron chi connectivity index (χ2n) is 4.44. The summed E-state index contributed by atoms with van der Waals surface area (Å²) in [6.45, 7) is 10.5. The Morgan fingerprint density at radius 3 is 2.59 bits per heavy atom. The fourth-order valence-corrected chi connectivity index (χ4v) is 2.50. The maximum atomic E-state index is 4.51. The fourth-order valence-electron chi connectivity index (χ4n) is 2.08. The van der Waals surface area contributed by atoms with Gasteiger partial charge < -0.3 is 5.32 Å². The van der Waals surface area contributed by atoms with Crippen molar-refractivity contribution in [3.63, 3.8) is 0 Å². The number of aromatic nitrogens is 2. The molecule has 0 radical (unpaired) electrons. The van der Waals surface area contributed by atoms with Gasteiger partial charge in [0.05, 0.1) is 15.9 Å². The number of hydrogen-bond acceptors (Lipinski definition) is 2. The van der Waals surface area contributed by atoms with Crippen molar-refractivity contribution in [1.29, 1.82) is 0 Å². The predicted octanol–water partition coefficient (Wildman–Crippen LogP) is 3.64. The minimum atomic E-state index is 0.618.